The zero-order valence-corrected chi connectivity index (χ0v) is 11.5. The molecular weight excluding hydrogens is 226 g/mol. The lowest BCUT2D eigenvalue weighted by Gasteiger charge is -2.08. The van der Waals surface area contributed by atoms with Gasteiger partial charge in [-0.1, -0.05) is 20.8 Å². The maximum absolute atomic E-state index is 6.18. The third-order valence-electron chi connectivity index (χ3n) is 2.94. The van der Waals surface area contributed by atoms with Gasteiger partial charge in [0.15, 0.2) is 0 Å². The van der Waals surface area contributed by atoms with Crippen LogP contribution in [0.2, 0.25) is 0 Å². The maximum atomic E-state index is 6.18. The highest BCUT2D eigenvalue weighted by atomic mass is 15.3. The molecule has 2 N–H and O–H groups in total. The molecule has 0 spiro atoms. The van der Waals surface area contributed by atoms with E-state index in [0.717, 1.165) is 35.7 Å². The van der Waals surface area contributed by atoms with E-state index in [9.17, 15) is 0 Å². The maximum Gasteiger partial charge on any atom is 0.131 e. The topological polar surface area (TPSA) is 61.7 Å². The van der Waals surface area contributed by atoms with Gasteiger partial charge in [0.25, 0.3) is 0 Å². The minimum atomic E-state index is 0.550. The van der Waals surface area contributed by atoms with Crippen LogP contribution in [0.25, 0.3) is 11.3 Å². The van der Waals surface area contributed by atoms with Crippen molar-refractivity contribution in [1.82, 2.24) is 19.3 Å². The number of anilines is 1. The average Bonchev–Trinajstić information content (AvgIpc) is 2.83. The molecule has 5 nitrogen and oxygen atoms in total. The number of aromatic nitrogens is 4. The first kappa shape index (κ1) is 12.7. The minimum absolute atomic E-state index is 0.550. The summed E-state index contributed by atoms with van der Waals surface area (Å²) in [5, 5.41) is 4.43. The number of nitrogens with two attached hydrogens (primary N) is 1. The van der Waals surface area contributed by atoms with E-state index in [1.807, 2.05) is 28.8 Å². The van der Waals surface area contributed by atoms with Crippen LogP contribution in [0.3, 0.4) is 0 Å². The second-order valence-electron chi connectivity index (χ2n) is 5.04. The van der Waals surface area contributed by atoms with Crippen LogP contribution in [0.5, 0.6) is 0 Å². The first-order chi connectivity index (χ1) is 8.52. The summed E-state index contributed by atoms with van der Waals surface area (Å²) in [5.74, 6) is 1.28. The molecule has 2 aromatic rings. The third-order valence-corrected chi connectivity index (χ3v) is 2.94. The van der Waals surface area contributed by atoms with Crippen molar-refractivity contribution in [1.29, 1.82) is 0 Å². The quantitative estimate of drug-likeness (QED) is 0.899. The molecule has 2 rings (SSSR count). The number of aryl methyl sites for hydroxylation is 2. The van der Waals surface area contributed by atoms with Crippen molar-refractivity contribution in [2.45, 2.75) is 33.7 Å². The molecule has 2 aromatic heterocycles. The SMILES string of the molecule is CCc1nn(C)cc1-c1ncn(CC(C)C)c1N. The fraction of sp³-hybridized carbons (Fsp3) is 0.538. The Hall–Kier alpha value is -1.78. The Labute approximate surface area is 108 Å². The van der Waals surface area contributed by atoms with Crippen LogP contribution in [-0.4, -0.2) is 19.3 Å². The van der Waals surface area contributed by atoms with E-state index >= 15 is 0 Å². The van der Waals surface area contributed by atoms with Crippen LogP contribution in [0.15, 0.2) is 12.5 Å². The van der Waals surface area contributed by atoms with E-state index in [2.05, 4.69) is 30.9 Å². The van der Waals surface area contributed by atoms with E-state index in [0.29, 0.717) is 5.92 Å². The van der Waals surface area contributed by atoms with Gasteiger partial charge in [-0.2, -0.15) is 5.10 Å². The second kappa shape index (κ2) is 4.84. The molecular formula is C13H21N5. The summed E-state index contributed by atoms with van der Waals surface area (Å²) >= 11 is 0. The highest BCUT2D eigenvalue weighted by Crippen LogP contribution is 2.27. The van der Waals surface area contributed by atoms with Crippen molar-refractivity contribution in [2.75, 3.05) is 5.73 Å². The van der Waals surface area contributed by atoms with Gasteiger partial charge < -0.3 is 10.3 Å². The Bertz CT molecular complexity index is 536. The highest BCUT2D eigenvalue weighted by Gasteiger charge is 2.16. The van der Waals surface area contributed by atoms with Gasteiger partial charge in [-0.15, -0.1) is 0 Å². The fourth-order valence-corrected chi connectivity index (χ4v) is 2.13. The van der Waals surface area contributed by atoms with Gasteiger partial charge in [0.05, 0.1) is 12.0 Å². The Morgan fingerprint density at radius 3 is 2.72 bits per heavy atom. The number of imidazole rings is 1. The summed E-state index contributed by atoms with van der Waals surface area (Å²) < 4.78 is 3.82. The molecule has 0 fully saturated rings. The van der Waals surface area contributed by atoms with Crippen molar-refractivity contribution >= 4 is 5.82 Å². The van der Waals surface area contributed by atoms with Crippen LogP contribution >= 0.6 is 0 Å². The molecule has 0 aromatic carbocycles. The molecule has 0 bridgehead atoms. The molecule has 0 saturated heterocycles. The van der Waals surface area contributed by atoms with Crippen LogP contribution in [-0.2, 0) is 20.0 Å². The van der Waals surface area contributed by atoms with Gasteiger partial charge in [-0.25, -0.2) is 4.98 Å². The van der Waals surface area contributed by atoms with Gasteiger partial charge in [-0.05, 0) is 12.3 Å². The van der Waals surface area contributed by atoms with Crippen molar-refractivity contribution in [3.8, 4) is 11.3 Å². The summed E-state index contributed by atoms with van der Waals surface area (Å²) in [6, 6.07) is 0. The standard InChI is InChI=1S/C13H21N5/c1-5-11-10(7-17(4)16-11)12-13(14)18(8-15-12)6-9(2)3/h7-9H,5-6,14H2,1-4H3. The Balaban J connectivity index is 2.42. The summed E-state index contributed by atoms with van der Waals surface area (Å²) in [4.78, 5) is 4.45. The number of nitrogen functional groups attached to an aromatic ring is 1. The first-order valence-corrected chi connectivity index (χ1v) is 6.36. The largest absolute Gasteiger partial charge is 0.383 e. The summed E-state index contributed by atoms with van der Waals surface area (Å²) in [5.41, 5.74) is 9.11. The van der Waals surface area contributed by atoms with Gasteiger partial charge in [0, 0.05) is 25.4 Å². The second-order valence-corrected chi connectivity index (χ2v) is 5.04. The fourth-order valence-electron chi connectivity index (χ4n) is 2.13. The van der Waals surface area contributed by atoms with Gasteiger partial charge in [0.1, 0.15) is 11.5 Å². The lowest BCUT2D eigenvalue weighted by atomic mass is 10.1. The molecule has 0 radical (unpaired) electrons. The van der Waals surface area contributed by atoms with E-state index in [1.54, 1.807) is 0 Å². The average molecular weight is 247 g/mol. The van der Waals surface area contributed by atoms with E-state index in [1.165, 1.54) is 0 Å². The van der Waals surface area contributed by atoms with Crippen molar-refractivity contribution < 1.29 is 0 Å². The van der Waals surface area contributed by atoms with E-state index in [-0.39, 0.29) is 0 Å². The number of hydrogen-bond donors (Lipinski definition) is 1. The molecule has 0 aliphatic heterocycles. The number of hydrogen-bond acceptors (Lipinski definition) is 3. The number of rotatable bonds is 4. The lowest BCUT2D eigenvalue weighted by Crippen LogP contribution is -2.06. The predicted molar refractivity (Wildman–Crippen MR) is 73.1 cm³/mol. The summed E-state index contributed by atoms with van der Waals surface area (Å²) in [6.45, 7) is 7.31. The summed E-state index contributed by atoms with van der Waals surface area (Å²) in [7, 11) is 1.92. The zero-order valence-electron chi connectivity index (χ0n) is 11.5. The Morgan fingerprint density at radius 2 is 2.11 bits per heavy atom. The molecule has 0 saturated carbocycles. The van der Waals surface area contributed by atoms with Gasteiger partial charge >= 0.3 is 0 Å². The van der Waals surface area contributed by atoms with Crippen molar-refractivity contribution in [2.24, 2.45) is 13.0 Å². The van der Waals surface area contributed by atoms with Crippen molar-refractivity contribution in [3.63, 3.8) is 0 Å². The van der Waals surface area contributed by atoms with E-state index < -0.39 is 0 Å². The molecule has 0 unspecified atom stereocenters. The van der Waals surface area contributed by atoms with Crippen molar-refractivity contribution in [3.05, 3.63) is 18.2 Å². The predicted octanol–water partition coefficient (Wildman–Crippen LogP) is 2.08. The van der Waals surface area contributed by atoms with E-state index in [4.69, 9.17) is 5.73 Å². The molecule has 18 heavy (non-hydrogen) atoms. The van der Waals surface area contributed by atoms with Crippen LogP contribution in [0.4, 0.5) is 5.82 Å². The van der Waals surface area contributed by atoms with Gasteiger partial charge in [-0.3, -0.25) is 4.68 Å². The molecule has 5 heteroatoms. The first-order valence-electron chi connectivity index (χ1n) is 6.36. The molecule has 0 aliphatic carbocycles. The minimum Gasteiger partial charge on any atom is -0.383 e. The Kier molecular flexibility index (Phi) is 3.41. The van der Waals surface area contributed by atoms with Crippen LogP contribution in [0.1, 0.15) is 26.5 Å². The van der Waals surface area contributed by atoms with Crippen LogP contribution < -0.4 is 5.73 Å². The molecule has 0 amide bonds. The zero-order chi connectivity index (χ0) is 13.3. The lowest BCUT2D eigenvalue weighted by molar-refractivity contribution is 0.527. The molecule has 2 heterocycles. The normalized spacial score (nSPS) is 11.4. The summed E-state index contributed by atoms with van der Waals surface area (Å²) in [6.07, 6.45) is 4.68. The smallest absolute Gasteiger partial charge is 0.131 e. The number of nitrogens with zero attached hydrogens (tertiary/aromatic N) is 4. The molecule has 0 atom stereocenters. The van der Waals surface area contributed by atoms with Gasteiger partial charge in [0.2, 0.25) is 0 Å². The third kappa shape index (κ3) is 2.25. The van der Waals surface area contributed by atoms with Crippen LogP contribution in [0, 0.1) is 5.92 Å². The monoisotopic (exact) mass is 247 g/mol. The molecule has 0 aliphatic rings. The Morgan fingerprint density at radius 1 is 1.39 bits per heavy atom. The molecule has 98 valence electrons. The highest BCUT2D eigenvalue weighted by molar-refractivity contribution is 5.71.